The van der Waals surface area contributed by atoms with E-state index in [4.69, 9.17) is 0 Å². The first-order valence-electron chi connectivity index (χ1n) is 8.91. The molecule has 1 aromatic carbocycles. The van der Waals surface area contributed by atoms with Crippen molar-refractivity contribution in [3.63, 3.8) is 0 Å². The molecule has 0 fully saturated rings. The van der Waals surface area contributed by atoms with E-state index in [1.165, 1.54) is 6.07 Å². The molecule has 2 heterocycles. The number of guanidine groups is 1. The van der Waals surface area contributed by atoms with Gasteiger partial charge in [0.25, 0.3) is 0 Å². The number of aromatic nitrogens is 3. The Labute approximate surface area is 151 Å². The smallest absolute Gasteiger partial charge is 0.191 e. The maximum atomic E-state index is 13.7. The van der Waals surface area contributed by atoms with Crippen molar-refractivity contribution in [3.05, 3.63) is 47.0 Å². The summed E-state index contributed by atoms with van der Waals surface area (Å²) in [5.74, 6) is 2.10. The molecule has 0 radical (unpaired) electrons. The summed E-state index contributed by atoms with van der Waals surface area (Å²) in [7, 11) is 0. The lowest BCUT2D eigenvalue weighted by molar-refractivity contribution is 0.358. The van der Waals surface area contributed by atoms with Crippen LogP contribution in [-0.4, -0.2) is 33.8 Å². The molecule has 0 saturated carbocycles. The highest BCUT2D eigenvalue weighted by atomic mass is 19.1. The van der Waals surface area contributed by atoms with Gasteiger partial charge in [-0.1, -0.05) is 0 Å². The van der Waals surface area contributed by atoms with Crippen LogP contribution in [0.3, 0.4) is 0 Å². The van der Waals surface area contributed by atoms with Crippen LogP contribution in [0.4, 0.5) is 8.78 Å². The van der Waals surface area contributed by atoms with Crippen molar-refractivity contribution in [2.75, 3.05) is 13.1 Å². The number of aliphatic imine (C=N–C) groups is 1. The zero-order valence-corrected chi connectivity index (χ0v) is 15.1. The van der Waals surface area contributed by atoms with Gasteiger partial charge in [-0.05, 0) is 44.4 Å². The van der Waals surface area contributed by atoms with Crippen molar-refractivity contribution in [2.45, 2.75) is 39.8 Å². The quantitative estimate of drug-likeness (QED) is 0.632. The van der Waals surface area contributed by atoms with Crippen molar-refractivity contribution >= 4 is 5.96 Å². The molecule has 3 rings (SSSR count). The van der Waals surface area contributed by atoms with Gasteiger partial charge >= 0.3 is 0 Å². The number of hydrogen-bond acceptors (Lipinski definition) is 3. The number of hydrogen-bond donors (Lipinski definition) is 2. The van der Waals surface area contributed by atoms with Crippen LogP contribution in [-0.2, 0) is 19.5 Å². The van der Waals surface area contributed by atoms with Crippen molar-refractivity contribution in [2.24, 2.45) is 10.9 Å². The molecular weight excluding hydrogens is 338 g/mol. The van der Waals surface area contributed by atoms with E-state index in [1.54, 1.807) is 0 Å². The van der Waals surface area contributed by atoms with Crippen molar-refractivity contribution in [1.82, 2.24) is 25.4 Å². The summed E-state index contributed by atoms with van der Waals surface area (Å²) in [5, 5.41) is 14.8. The van der Waals surface area contributed by atoms with E-state index in [1.807, 2.05) is 13.8 Å². The Balaban J connectivity index is 1.60. The molecule has 6 nitrogen and oxygen atoms in total. The second kappa shape index (κ2) is 8.25. The summed E-state index contributed by atoms with van der Waals surface area (Å²) in [5.41, 5.74) is 0.240. The second-order valence-corrected chi connectivity index (χ2v) is 6.49. The van der Waals surface area contributed by atoms with Gasteiger partial charge in [0.1, 0.15) is 23.3 Å². The first-order chi connectivity index (χ1) is 12.6. The second-order valence-electron chi connectivity index (χ2n) is 6.49. The Morgan fingerprint density at radius 2 is 2.15 bits per heavy atom. The highest BCUT2D eigenvalue weighted by Gasteiger charge is 2.21. The lowest BCUT2D eigenvalue weighted by Crippen LogP contribution is -2.41. The molecule has 0 aliphatic carbocycles. The van der Waals surface area contributed by atoms with Crippen LogP contribution in [0.2, 0.25) is 0 Å². The Morgan fingerprint density at radius 1 is 1.31 bits per heavy atom. The third kappa shape index (κ3) is 4.36. The number of nitrogens with one attached hydrogen (secondary N) is 2. The third-order valence-electron chi connectivity index (χ3n) is 4.55. The Bertz CT molecular complexity index is 786. The lowest BCUT2D eigenvalue weighted by atomic mass is 9.99. The van der Waals surface area contributed by atoms with Crippen LogP contribution in [0.15, 0.2) is 23.2 Å². The van der Waals surface area contributed by atoms with Gasteiger partial charge in [0, 0.05) is 31.6 Å². The minimum atomic E-state index is -0.461. The van der Waals surface area contributed by atoms with Gasteiger partial charge in [-0.15, -0.1) is 10.2 Å². The van der Waals surface area contributed by atoms with E-state index >= 15 is 0 Å². The van der Waals surface area contributed by atoms with E-state index in [0.717, 1.165) is 49.7 Å². The van der Waals surface area contributed by atoms with Gasteiger partial charge in [0.15, 0.2) is 5.96 Å². The van der Waals surface area contributed by atoms with Crippen molar-refractivity contribution in [1.29, 1.82) is 0 Å². The van der Waals surface area contributed by atoms with Gasteiger partial charge in [-0.3, -0.25) is 0 Å². The molecule has 8 heteroatoms. The van der Waals surface area contributed by atoms with E-state index in [2.05, 4.69) is 30.4 Å². The van der Waals surface area contributed by atoms with Gasteiger partial charge in [0.2, 0.25) is 0 Å². The molecule has 1 aliphatic heterocycles. The maximum absolute atomic E-state index is 13.7. The molecule has 26 heavy (non-hydrogen) atoms. The molecule has 0 amide bonds. The molecule has 2 N–H and O–H groups in total. The normalized spacial score (nSPS) is 17.1. The Morgan fingerprint density at radius 3 is 2.96 bits per heavy atom. The van der Waals surface area contributed by atoms with Crippen LogP contribution in [0.5, 0.6) is 0 Å². The monoisotopic (exact) mass is 362 g/mol. The van der Waals surface area contributed by atoms with Crippen molar-refractivity contribution < 1.29 is 8.78 Å². The summed E-state index contributed by atoms with van der Waals surface area (Å²) in [6, 6.07) is 3.41. The molecule has 1 unspecified atom stereocenters. The summed E-state index contributed by atoms with van der Waals surface area (Å²) >= 11 is 0. The summed E-state index contributed by atoms with van der Waals surface area (Å²) in [6.45, 7) is 6.32. The summed E-state index contributed by atoms with van der Waals surface area (Å²) in [6.07, 6.45) is 1.94. The minimum absolute atomic E-state index is 0.0816. The molecule has 0 spiro atoms. The topological polar surface area (TPSA) is 67.1 Å². The molecular formula is C18H24F2N6. The van der Waals surface area contributed by atoms with E-state index in [-0.39, 0.29) is 12.1 Å². The SMILES string of the molecule is CCNC(=NCc1cc(F)ccc1F)NCC1CCc2nnc(C)n2C1. The van der Waals surface area contributed by atoms with Crippen molar-refractivity contribution in [3.8, 4) is 0 Å². The van der Waals surface area contributed by atoms with Gasteiger partial charge in [0.05, 0.1) is 6.54 Å². The molecule has 0 bridgehead atoms. The number of halogens is 2. The fraction of sp³-hybridized carbons (Fsp3) is 0.500. The Hall–Kier alpha value is -2.51. The predicted octanol–water partition coefficient (Wildman–Crippen LogP) is 2.18. The van der Waals surface area contributed by atoms with Crippen LogP contribution in [0.25, 0.3) is 0 Å². The first-order valence-corrected chi connectivity index (χ1v) is 8.91. The van der Waals surface area contributed by atoms with E-state index in [9.17, 15) is 8.78 Å². The predicted molar refractivity (Wildman–Crippen MR) is 95.7 cm³/mol. The molecule has 1 atom stereocenters. The molecule has 1 aliphatic rings. The fourth-order valence-corrected chi connectivity index (χ4v) is 3.11. The van der Waals surface area contributed by atoms with Crippen LogP contribution < -0.4 is 10.6 Å². The maximum Gasteiger partial charge on any atom is 0.191 e. The molecule has 140 valence electrons. The number of nitrogens with zero attached hydrogens (tertiary/aromatic N) is 4. The van der Waals surface area contributed by atoms with E-state index < -0.39 is 11.6 Å². The highest BCUT2D eigenvalue weighted by molar-refractivity contribution is 5.79. The van der Waals surface area contributed by atoms with E-state index in [0.29, 0.717) is 18.4 Å². The number of aryl methyl sites for hydroxylation is 2. The van der Waals surface area contributed by atoms with Gasteiger partial charge in [-0.2, -0.15) is 0 Å². The average molecular weight is 362 g/mol. The number of benzene rings is 1. The highest BCUT2D eigenvalue weighted by Crippen LogP contribution is 2.19. The summed E-state index contributed by atoms with van der Waals surface area (Å²) in [4.78, 5) is 4.38. The third-order valence-corrected chi connectivity index (χ3v) is 4.55. The summed E-state index contributed by atoms with van der Waals surface area (Å²) < 4.78 is 29.2. The largest absolute Gasteiger partial charge is 0.357 e. The standard InChI is InChI=1S/C18H24F2N6/c1-3-21-18(23-10-14-8-15(19)5-6-16(14)20)22-9-13-4-7-17-25-24-12(2)26(17)11-13/h5-6,8,13H,3-4,7,9-11H2,1-2H3,(H2,21,22,23). The zero-order valence-electron chi connectivity index (χ0n) is 15.1. The van der Waals surface area contributed by atoms with Gasteiger partial charge < -0.3 is 15.2 Å². The first kappa shape index (κ1) is 18.3. The zero-order chi connectivity index (χ0) is 18.5. The van der Waals surface area contributed by atoms with Gasteiger partial charge in [-0.25, -0.2) is 13.8 Å². The van der Waals surface area contributed by atoms with Crippen LogP contribution in [0, 0.1) is 24.5 Å². The minimum Gasteiger partial charge on any atom is -0.357 e. The average Bonchev–Trinajstić information content (AvgIpc) is 3.00. The molecule has 2 aromatic rings. The van der Waals surface area contributed by atoms with Crippen LogP contribution in [0.1, 0.15) is 30.6 Å². The lowest BCUT2D eigenvalue weighted by Gasteiger charge is -2.25. The fourth-order valence-electron chi connectivity index (χ4n) is 3.11. The number of fused-ring (bicyclic) bond motifs is 1. The van der Waals surface area contributed by atoms with Crippen LogP contribution >= 0.6 is 0 Å². The molecule has 1 aromatic heterocycles. The Kier molecular flexibility index (Phi) is 5.80. The molecule has 0 saturated heterocycles. The number of rotatable bonds is 5.